The van der Waals surface area contributed by atoms with E-state index >= 15 is 0 Å². The average Bonchev–Trinajstić information content (AvgIpc) is 2.64. The van der Waals surface area contributed by atoms with Gasteiger partial charge in [0.1, 0.15) is 16.9 Å². The third-order valence-electron chi connectivity index (χ3n) is 4.18. The number of hydrogen-bond donors (Lipinski definition) is 1. The van der Waals surface area contributed by atoms with E-state index in [1.54, 1.807) is 0 Å². The van der Waals surface area contributed by atoms with Gasteiger partial charge >= 0.3 is 29.5 Å². The molecule has 0 radical (unpaired) electrons. The Bertz CT molecular complexity index is 1130. The van der Waals surface area contributed by atoms with Crippen LogP contribution in [0.3, 0.4) is 0 Å². The minimum atomic E-state index is -5.91. The highest BCUT2D eigenvalue weighted by molar-refractivity contribution is 5.91. The first-order chi connectivity index (χ1) is 13.9. The van der Waals surface area contributed by atoms with Crippen LogP contribution in [-0.2, 0) is 5.60 Å². The summed E-state index contributed by atoms with van der Waals surface area (Å²) in [6.07, 6.45) is -11.8. The van der Waals surface area contributed by atoms with E-state index in [4.69, 9.17) is 9.52 Å². The number of fused-ring (bicyclic) bond motifs is 1. The molecule has 30 heavy (non-hydrogen) atoms. The standard InChI is InChI=1S/C19H10F6O5/c20-18(21,22)17(19(23,24)25,11-4-2-1-3-5-11)30-12-6-7-14-10(8-12)9-13(15(26)27)16(28)29-14/h1-9H,(H,26,27). The van der Waals surface area contributed by atoms with Gasteiger partial charge in [-0.15, -0.1) is 0 Å². The molecule has 0 aliphatic rings. The predicted octanol–water partition coefficient (Wildman–Crippen LogP) is 4.89. The summed E-state index contributed by atoms with van der Waals surface area (Å²) < 4.78 is 92.0. The van der Waals surface area contributed by atoms with Gasteiger partial charge in [-0.25, -0.2) is 9.59 Å². The van der Waals surface area contributed by atoms with Crippen LogP contribution in [-0.4, -0.2) is 23.4 Å². The zero-order chi connectivity index (χ0) is 22.3. The Hall–Kier alpha value is -3.50. The van der Waals surface area contributed by atoms with Gasteiger partial charge in [0, 0.05) is 10.9 Å². The van der Waals surface area contributed by atoms with E-state index in [1.165, 1.54) is 6.07 Å². The fourth-order valence-electron chi connectivity index (χ4n) is 2.83. The number of carboxylic acid groups (broad SMARTS) is 1. The number of alkyl halides is 6. The van der Waals surface area contributed by atoms with E-state index in [0.29, 0.717) is 12.1 Å². The molecule has 0 fully saturated rings. The molecule has 0 saturated heterocycles. The van der Waals surface area contributed by atoms with Crippen molar-refractivity contribution < 1.29 is 45.4 Å². The molecule has 11 heteroatoms. The van der Waals surface area contributed by atoms with Gasteiger partial charge in [-0.05, 0) is 24.3 Å². The molecule has 1 N–H and O–H groups in total. The molecule has 0 saturated carbocycles. The topological polar surface area (TPSA) is 76.7 Å². The van der Waals surface area contributed by atoms with Crippen LogP contribution in [0.4, 0.5) is 26.3 Å². The van der Waals surface area contributed by atoms with Crippen LogP contribution in [0.1, 0.15) is 15.9 Å². The molecule has 0 unspecified atom stereocenters. The number of ether oxygens (including phenoxy) is 1. The van der Waals surface area contributed by atoms with Crippen molar-refractivity contribution in [3.05, 3.63) is 76.1 Å². The van der Waals surface area contributed by atoms with E-state index in [1.807, 2.05) is 0 Å². The SMILES string of the molecule is O=C(O)c1cc2cc(OC(c3ccccc3)(C(F)(F)F)C(F)(F)F)ccc2oc1=O. The van der Waals surface area contributed by atoms with Crippen LogP contribution in [0, 0.1) is 0 Å². The van der Waals surface area contributed by atoms with Crippen molar-refractivity contribution in [3.8, 4) is 5.75 Å². The molecule has 1 aromatic heterocycles. The summed E-state index contributed by atoms with van der Waals surface area (Å²) in [5, 5.41) is 8.71. The quantitative estimate of drug-likeness (QED) is 0.469. The minimum Gasteiger partial charge on any atom is -0.477 e. The highest BCUT2D eigenvalue weighted by Gasteiger charge is 2.74. The first-order valence-electron chi connectivity index (χ1n) is 8.06. The third-order valence-corrected chi connectivity index (χ3v) is 4.18. The van der Waals surface area contributed by atoms with E-state index < -0.39 is 46.4 Å². The predicted molar refractivity (Wildman–Crippen MR) is 90.3 cm³/mol. The summed E-state index contributed by atoms with van der Waals surface area (Å²) >= 11 is 0. The summed E-state index contributed by atoms with van der Waals surface area (Å²) in [4.78, 5) is 22.6. The first-order valence-corrected chi connectivity index (χ1v) is 8.06. The smallest absolute Gasteiger partial charge is 0.442 e. The monoisotopic (exact) mass is 432 g/mol. The Kier molecular flexibility index (Phi) is 5.01. The van der Waals surface area contributed by atoms with Crippen LogP contribution < -0.4 is 10.4 Å². The number of aromatic carboxylic acids is 1. The Morgan fingerprint density at radius 3 is 2.03 bits per heavy atom. The maximum atomic E-state index is 13.8. The Morgan fingerprint density at radius 2 is 1.50 bits per heavy atom. The van der Waals surface area contributed by atoms with E-state index in [-0.39, 0.29) is 11.0 Å². The van der Waals surface area contributed by atoms with Gasteiger partial charge in [-0.2, -0.15) is 26.3 Å². The van der Waals surface area contributed by atoms with E-state index in [2.05, 4.69) is 4.74 Å². The van der Waals surface area contributed by atoms with Gasteiger partial charge in [0.25, 0.3) is 0 Å². The van der Waals surface area contributed by atoms with Gasteiger partial charge in [0.15, 0.2) is 0 Å². The number of hydrogen-bond acceptors (Lipinski definition) is 4. The van der Waals surface area contributed by atoms with Gasteiger partial charge in [-0.3, -0.25) is 0 Å². The van der Waals surface area contributed by atoms with Gasteiger partial charge < -0.3 is 14.3 Å². The molecule has 2 aromatic carbocycles. The molecular formula is C19H10F6O5. The Balaban J connectivity index is 2.22. The fraction of sp³-hybridized carbons (Fsp3) is 0.158. The second-order valence-electron chi connectivity index (χ2n) is 6.10. The van der Waals surface area contributed by atoms with Gasteiger partial charge in [0.05, 0.1) is 0 Å². The van der Waals surface area contributed by atoms with Crippen molar-refractivity contribution in [1.29, 1.82) is 0 Å². The van der Waals surface area contributed by atoms with Crippen molar-refractivity contribution in [2.75, 3.05) is 0 Å². The molecule has 1 heterocycles. The Labute approximate surface area is 163 Å². The lowest BCUT2D eigenvalue weighted by Crippen LogP contribution is -2.58. The van der Waals surface area contributed by atoms with Crippen molar-refractivity contribution in [3.63, 3.8) is 0 Å². The number of halogens is 6. The molecule has 158 valence electrons. The van der Waals surface area contributed by atoms with Crippen molar-refractivity contribution in [2.24, 2.45) is 0 Å². The molecular weight excluding hydrogens is 422 g/mol. The molecule has 0 aliphatic carbocycles. The second kappa shape index (κ2) is 7.08. The van der Waals surface area contributed by atoms with Crippen LogP contribution in [0.15, 0.2) is 63.8 Å². The number of benzene rings is 2. The Morgan fingerprint density at radius 1 is 0.900 bits per heavy atom. The number of rotatable bonds is 4. The minimum absolute atomic E-state index is 0.240. The maximum absolute atomic E-state index is 13.8. The lowest BCUT2D eigenvalue weighted by molar-refractivity contribution is -0.365. The van der Waals surface area contributed by atoms with E-state index in [0.717, 1.165) is 36.4 Å². The molecule has 0 bridgehead atoms. The summed E-state index contributed by atoms with van der Waals surface area (Å²) in [5.41, 5.74) is -8.22. The molecule has 0 aliphatic heterocycles. The highest BCUT2D eigenvalue weighted by Crippen LogP contribution is 2.53. The van der Waals surface area contributed by atoms with Gasteiger partial charge in [-0.1, -0.05) is 30.3 Å². The largest absolute Gasteiger partial charge is 0.477 e. The number of carbonyl (C=O) groups is 1. The summed E-state index contributed by atoms with van der Waals surface area (Å²) in [5.74, 6) is -2.55. The average molecular weight is 432 g/mol. The first kappa shape index (κ1) is 21.2. The van der Waals surface area contributed by atoms with Gasteiger partial charge in [0.2, 0.25) is 0 Å². The van der Waals surface area contributed by atoms with Crippen LogP contribution >= 0.6 is 0 Å². The molecule has 3 rings (SSSR count). The molecule has 5 nitrogen and oxygen atoms in total. The van der Waals surface area contributed by atoms with Crippen LogP contribution in [0.5, 0.6) is 5.75 Å². The maximum Gasteiger partial charge on any atom is 0.442 e. The third kappa shape index (κ3) is 3.46. The number of carboxylic acids is 1. The van der Waals surface area contributed by atoms with Crippen molar-refractivity contribution in [1.82, 2.24) is 0 Å². The molecule has 0 amide bonds. The van der Waals surface area contributed by atoms with Crippen LogP contribution in [0.2, 0.25) is 0 Å². The van der Waals surface area contributed by atoms with Crippen molar-refractivity contribution >= 4 is 16.9 Å². The second-order valence-corrected chi connectivity index (χ2v) is 6.10. The summed E-state index contributed by atoms with van der Waals surface area (Å²) in [6, 6.07) is 7.64. The molecule has 0 atom stereocenters. The lowest BCUT2D eigenvalue weighted by Gasteiger charge is -2.37. The summed E-state index contributed by atoms with van der Waals surface area (Å²) in [6.45, 7) is 0. The summed E-state index contributed by atoms with van der Waals surface area (Å²) in [7, 11) is 0. The van der Waals surface area contributed by atoms with Crippen LogP contribution in [0.25, 0.3) is 11.0 Å². The molecule has 0 spiro atoms. The zero-order valence-electron chi connectivity index (χ0n) is 14.5. The lowest BCUT2D eigenvalue weighted by atomic mass is 9.91. The highest BCUT2D eigenvalue weighted by atomic mass is 19.4. The molecule has 3 aromatic rings. The fourth-order valence-corrected chi connectivity index (χ4v) is 2.83. The van der Waals surface area contributed by atoms with Crippen molar-refractivity contribution in [2.45, 2.75) is 18.0 Å². The zero-order valence-corrected chi connectivity index (χ0v) is 14.5. The normalized spacial score (nSPS) is 12.7. The van der Waals surface area contributed by atoms with E-state index in [9.17, 15) is 35.9 Å².